The Morgan fingerprint density at radius 2 is 2.06 bits per heavy atom. The summed E-state index contributed by atoms with van der Waals surface area (Å²) in [5.41, 5.74) is -0.288. The normalized spacial score (nSPS) is 36.3. The van der Waals surface area contributed by atoms with Crippen molar-refractivity contribution in [3.8, 4) is 6.07 Å². The lowest BCUT2D eigenvalue weighted by Gasteiger charge is -2.36. The molecule has 100 valence electrons. The molecule has 0 spiro atoms. The molecule has 3 aliphatic rings. The Kier molecular flexibility index (Phi) is 3.59. The van der Waals surface area contributed by atoms with Gasteiger partial charge in [-0.25, -0.2) is 0 Å². The molecular formula is C15H24N2O. The highest BCUT2D eigenvalue weighted by molar-refractivity contribution is 5.12. The summed E-state index contributed by atoms with van der Waals surface area (Å²) in [5.74, 6) is 0.943. The molecule has 0 amide bonds. The van der Waals surface area contributed by atoms with E-state index in [2.05, 4.69) is 11.4 Å². The van der Waals surface area contributed by atoms with Crippen LogP contribution in [0.25, 0.3) is 0 Å². The molecule has 18 heavy (non-hydrogen) atoms. The van der Waals surface area contributed by atoms with Crippen LogP contribution >= 0.6 is 0 Å². The molecule has 0 aromatic heterocycles. The summed E-state index contributed by atoms with van der Waals surface area (Å²) in [6.45, 7) is 0.903. The summed E-state index contributed by atoms with van der Waals surface area (Å²) in [4.78, 5) is 0. The fourth-order valence-corrected chi connectivity index (χ4v) is 3.06. The zero-order chi connectivity index (χ0) is 12.4. The van der Waals surface area contributed by atoms with Gasteiger partial charge < -0.3 is 4.74 Å². The van der Waals surface area contributed by atoms with E-state index in [0.717, 1.165) is 38.2 Å². The monoisotopic (exact) mass is 248 g/mol. The van der Waals surface area contributed by atoms with Crippen molar-refractivity contribution in [3.05, 3.63) is 0 Å². The van der Waals surface area contributed by atoms with Gasteiger partial charge in [0.1, 0.15) is 5.54 Å². The number of hydrogen-bond acceptors (Lipinski definition) is 3. The number of nitrogens with zero attached hydrogens (tertiary/aromatic N) is 1. The molecule has 0 aromatic rings. The van der Waals surface area contributed by atoms with Gasteiger partial charge >= 0.3 is 0 Å². The Morgan fingerprint density at radius 3 is 2.72 bits per heavy atom. The van der Waals surface area contributed by atoms with Crippen molar-refractivity contribution in [2.24, 2.45) is 5.92 Å². The molecule has 2 atom stereocenters. The van der Waals surface area contributed by atoms with Gasteiger partial charge in [-0.3, -0.25) is 5.32 Å². The van der Waals surface area contributed by atoms with Gasteiger partial charge in [-0.1, -0.05) is 12.8 Å². The molecule has 0 radical (unpaired) electrons. The minimum absolute atomic E-state index is 0.288. The second-order valence-electron chi connectivity index (χ2n) is 6.43. The summed E-state index contributed by atoms with van der Waals surface area (Å²) in [7, 11) is 0. The third kappa shape index (κ3) is 3.24. The van der Waals surface area contributed by atoms with E-state index in [-0.39, 0.29) is 5.54 Å². The number of nitrogens with one attached hydrogen (secondary N) is 1. The minimum atomic E-state index is -0.288. The van der Waals surface area contributed by atoms with E-state index < -0.39 is 0 Å². The average Bonchev–Trinajstić information content (AvgIpc) is 3.25. The standard InChI is InChI=1S/C15H24N2O/c16-11-15(17-13-5-6-13)8-1-2-14(10-15)18-9-7-12-3-4-12/h12-14,17H,1-10H2. The molecule has 0 aliphatic heterocycles. The van der Waals surface area contributed by atoms with Crippen molar-refractivity contribution in [2.75, 3.05) is 6.61 Å². The highest BCUT2D eigenvalue weighted by Crippen LogP contribution is 2.35. The first-order valence-electron chi connectivity index (χ1n) is 7.60. The van der Waals surface area contributed by atoms with E-state index in [9.17, 15) is 5.26 Å². The van der Waals surface area contributed by atoms with Crippen molar-refractivity contribution >= 4 is 0 Å². The molecule has 3 heteroatoms. The zero-order valence-corrected chi connectivity index (χ0v) is 11.2. The van der Waals surface area contributed by atoms with Gasteiger partial charge in [0.25, 0.3) is 0 Å². The molecule has 0 bridgehead atoms. The Morgan fingerprint density at radius 1 is 1.22 bits per heavy atom. The highest BCUT2D eigenvalue weighted by Gasteiger charge is 2.40. The number of hydrogen-bond donors (Lipinski definition) is 1. The van der Waals surface area contributed by atoms with Crippen LogP contribution in [0.1, 0.15) is 57.8 Å². The topological polar surface area (TPSA) is 45.0 Å². The van der Waals surface area contributed by atoms with E-state index in [0.29, 0.717) is 12.1 Å². The van der Waals surface area contributed by atoms with Crippen LogP contribution < -0.4 is 5.32 Å². The van der Waals surface area contributed by atoms with E-state index in [1.54, 1.807) is 0 Å². The van der Waals surface area contributed by atoms with Gasteiger partial charge in [0.15, 0.2) is 0 Å². The summed E-state index contributed by atoms with van der Waals surface area (Å²) >= 11 is 0. The average molecular weight is 248 g/mol. The quantitative estimate of drug-likeness (QED) is 0.786. The molecule has 3 rings (SSSR count). The smallest absolute Gasteiger partial charge is 0.109 e. The maximum Gasteiger partial charge on any atom is 0.109 e. The second-order valence-corrected chi connectivity index (χ2v) is 6.43. The third-order valence-electron chi connectivity index (χ3n) is 4.55. The lowest BCUT2D eigenvalue weighted by molar-refractivity contribution is 0.00612. The fraction of sp³-hybridized carbons (Fsp3) is 0.933. The molecule has 3 fully saturated rings. The van der Waals surface area contributed by atoms with Crippen LogP contribution in [0.15, 0.2) is 0 Å². The minimum Gasteiger partial charge on any atom is -0.378 e. The molecule has 1 N–H and O–H groups in total. The SMILES string of the molecule is N#CC1(NC2CC2)CCCC(OCCC2CC2)C1. The summed E-state index contributed by atoms with van der Waals surface area (Å²) in [6.07, 6.45) is 11.0. The molecule has 3 aliphatic carbocycles. The van der Waals surface area contributed by atoms with Crippen LogP contribution in [0.2, 0.25) is 0 Å². The molecule has 2 unspecified atom stereocenters. The van der Waals surface area contributed by atoms with E-state index in [4.69, 9.17) is 4.74 Å². The van der Waals surface area contributed by atoms with Gasteiger partial charge in [-0.15, -0.1) is 0 Å². The van der Waals surface area contributed by atoms with Crippen LogP contribution in [-0.2, 0) is 4.74 Å². The van der Waals surface area contributed by atoms with E-state index in [1.807, 2.05) is 0 Å². The van der Waals surface area contributed by atoms with Crippen LogP contribution in [0.3, 0.4) is 0 Å². The molecule has 0 heterocycles. The first-order chi connectivity index (χ1) is 8.80. The first-order valence-corrected chi connectivity index (χ1v) is 7.60. The molecular weight excluding hydrogens is 224 g/mol. The van der Waals surface area contributed by atoms with Gasteiger partial charge in [0.2, 0.25) is 0 Å². The predicted octanol–water partition coefficient (Wildman–Crippen LogP) is 2.76. The summed E-state index contributed by atoms with van der Waals surface area (Å²) < 4.78 is 6.00. The Hall–Kier alpha value is -0.590. The number of nitriles is 1. The van der Waals surface area contributed by atoms with Crippen molar-refractivity contribution in [2.45, 2.75) is 75.5 Å². The van der Waals surface area contributed by atoms with E-state index >= 15 is 0 Å². The molecule has 3 saturated carbocycles. The Balaban J connectivity index is 1.47. The van der Waals surface area contributed by atoms with Crippen LogP contribution in [-0.4, -0.2) is 24.3 Å². The zero-order valence-electron chi connectivity index (χ0n) is 11.2. The van der Waals surface area contributed by atoms with Gasteiger partial charge in [-0.2, -0.15) is 5.26 Å². The predicted molar refractivity (Wildman–Crippen MR) is 70.1 cm³/mol. The highest BCUT2D eigenvalue weighted by atomic mass is 16.5. The Labute approximate surface area is 110 Å². The number of rotatable bonds is 6. The van der Waals surface area contributed by atoms with Crippen molar-refractivity contribution < 1.29 is 4.74 Å². The fourth-order valence-electron chi connectivity index (χ4n) is 3.06. The van der Waals surface area contributed by atoms with Gasteiger partial charge in [0.05, 0.1) is 12.2 Å². The van der Waals surface area contributed by atoms with Crippen molar-refractivity contribution in [3.63, 3.8) is 0 Å². The lowest BCUT2D eigenvalue weighted by Crippen LogP contribution is -2.50. The third-order valence-corrected chi connectivity index (χ3v) is 4.55. The van der Waals surface area contributed by atoms with Gasteiger partial charge in [-0.05, 0) is 44.4 Å². The van der Waals surface area contributed by atoms with Crippen LogP contribution in [0.4, 0.5) is 0 Å². The number of ether oxygens (including phenoxy) is 1. The summed E-state index contributed by atoms with van der Waals surface area (Å²) in [6, 6.07) is 3.15. The second kappa shape index (κ2) is 5.19. The Bertz CT molecular complexity index is 330. The molecule has 0 aromatic carbocycles. The van der Waals surface area contributed by atoms with E-state index in [1.165, 1.54) is 32.1 Å². The van der Waals surface area contributed by atoms with Crippen molar-refractivity contribution in [1.29, 1.82) is 5.26 Å². The molecule has 0 saturated heterocycles. The molecule has 3 nitrogen and oxygen atoms in total. The summed E-state index contributed by atoms with van der Waals surface area (Å²) in [5, 5.41) is 13.0. The van der Waals surface area contributed by atoms with Gasteiger partial charge in [0, 0.05) is 19.1 Å². The largest absolute Gasteiger partial charge is 0.378 e. The van der Waals surface area contributed by atoms with Crippen LogP contribution in [0.5, 0.6) is 0 Å². The van der Waals surface area contributed by atoms with Crippen molar-refractivity contribution in [1.82, 2.24) is 5.32 Å². The maximum atomic E-state index is 9.49. The first kappa shape index (κ1) is 12.4. The van der Waals surface area contributed by atoms with Crippen LogP contribution in [0, 0.1) is 17.2 Å². The maximum absolute atomic E-state index is 9.49. The lowest BCUT2D eigenvalue weighted by atomic mass is 9.81.